The Balaban J connectivity index is 1.56. The first-order chi connectivity index (χ1) is 23.6. The zero-order valence-corrected chi connectivity index (χ0v) is 32.5. The van der Waals surface area contributed by atoms with Crippen molar-refractivity contribution >= 4 is 42.2 Å². The molecule has 0 radical (unpaired) electrons. The third-order valence-corrected chi connectivity index (χ3v) is 12.7. The van der Waals surface area contributed by atoms with Gasteiger partial charge in [-0.25, -0.2) is 9.78 Å². The lowest BCUT2D eigenvalue weighted by Crippen LogP contribution is -2.61. The minimum absolute atomic E-state index is 0.109. The van der Waals surface area contributed by atoms with Crippen LogP contribution in [0.25, 0.3) is 10.6 Å². The number of anilines is 1. The number of methoxy groups -OCH3 is 1. The summed E-state index contributed by atoms with van der Waals surface area (Å²) in [5.74, 6) is -1.77. The Bertz CT molecular complexity index is 1470. The molecule has 0 saturated carbocycles. The number of aromatic nitrogens is 4. The van der Waals surface area contributed by atoms with Crippen LogP contribution in [-0.2, 0) is 30.3 Å². The molecule has 2 aliphatic rings. The average Bonchev–Trinajstić information content (AvgIpc) is 3.81. The van der Waals surface area contributed by atoms with E-state index in [4.69, 9.17) is 19.9 Å². The third kappa shape index (κ3) is 8.36. The van der Waals surface area contributed by atoms with E-state index in [0.29, 0.717) is 37.0 Å². The zero-order chi connectivity index (χ0) is 37.0. The monoisotopic (exact) mass is 715 g/mol. The first-order valence-electron chi connectivity index (χ1n) is 18.2. The van der Waals surface area contributed by atoms with Crippen molar-refractivity contribution in [2.75, 3.05) is 33.0 Å². The number of nitrogens with two attached hydrogens (primary N) is 1. The highest BCUT2D eigenvalue weighted by molar-refractivity contribution is 7.18. The highest BCUT2D eigenvalue weighted by atomic mass is 32.1. The summed E-state index contributed by atoms with van der Waals surface area (Å²) in [5, 5.41) is 8.53. The number of ether oxygens (including phenoxy) is 3. The Morgan fingerprint density at radius 1 is 1.16 bits per heavy atom. The Hall–Kier alpha value is -3.04. The molecule has 2 aromatic rings. The van der Waals surface area contributed by atoms with Gasteiger partial charge < -0.3 is 24.8 Å². The molecule has 278 valence electrons. The van der Waals surface area contributed by atoms with Gasteiger partial charge in [-0.1, -0.05) is 50.2 Å². The van der Waals surface area contributed by atoms with Gasteiger partial charge in [-0.05, 0) is 78.2 Å². The van der Waals surface area contributed by atoms with E-state index in [0.717, 1.165) is 42.8 Å². The molecule has 0 aromatic carbocycles. The maximum Gasteiger partial charge on any atom is 0.410 e. The number of fused-ring (bicyclic) bond motifs is 1. The van der Waals surface area contributed by atoms with Crippen LogP contribution >= 0.6 is 11.3 Å². The predicted molar refractivity (Wildman–Crippen MR) is 196 cm³/mol. The van der Waals surface area contributed by atoms with Crippen LogP contribution in [0.3, 0.4) is 0 Å². The number of carbonyl (C=O) groups is 3. The fourth-order valence-corrected chi connectivity index (χ4v) is 8.35. The van der Waals surface area contributed by atoms with Crippen molar-refractivity contribution in [1.29, 1.82) is 0 Å². The van der Waals surface area contributed by atoms with Crippen LogP contribution < -0.4 is 5.73 Å². The molecule has 1 amide bonds. The molecule has 2 aliphatic heterocycles. The zero-order valence-electron chi connectivity index (χ0n) is 31.7. The van der Waals surface area contributed by atoms with Crippen LogP contribution in [0.15, 0.2) is 12.4 Å². The van der Waals surface area contributed by atoms with Crippen molar-refractivity contribution in [2.24, 2.45) is 17.8 Å². The second kappa shape index (κ2) is 16.5. The molecule has 4 rings (SSSR count). The van der Waals surface area contributed by atoms with Gasteiger partial charge in [-0.2, -0.15) is 0 Å². The topological polar surface area (TPSA) is 155 Å². The van der Waals surface area contributed by atoms with E-state index >= 15 is 0 Å². The summed E-state index contributed by atoms with van der Waals surface area (Å²) in [6.07, 6.45) is 6.76. The van der Waals surface area contributed by atoms with Gasteiger partial charge in [-0.3, -0.25) is 19.2 Å². The Kier molecular flexibility index (Phi) is 13.1. The van der Waals surface area contributed by atoms with Crippen molar-refractivity contribution in [1.82, 2.24) is 29.8 Å². The number of amides is 1. The van der Waals surface area contributed by atoms with Gasteiger partial charge in [0.2, 0.25) is 0 Å². The number of carbonyl (C=O) groups excluding carboxylic acids is 3. The lowest BCUT2D eigenvalue weighted by atomic mass is 9.53. The Morgan fingerprint density at radius 3 is 2.50 bits per heavy atom. The predicted octanol–water partition coefficient (Wildman–Crippen LogP) is 4.47. The first kappa shape index (κ1) is 39.7. The maximum absolute atomic E-state index is 13.9. The van der Waals surface area contributed by atoms with Gasteiger partial charge in [-0.15, -0.1) is 5.10 Å². The van der Waals surface area contributed by atoms with Crippen LogP contribution in [0.4, 0.5) is 9.93 Å². The number of hydrogen-bond acceptors (Lipinski definition) is 12. The fraction of sp³-hybridized carbons (Fsp3) is 0.771. The van der Waals surface area contributed by atoms with Crippen molar-refractivity contribution in [3.05, 3.63) is 12.4 Å². The van der Waals surface area contributed by atoms with E-state index in [-0.39, 0.29) is 17.9 Å². The molecule has 9 atom stereocenters. The van der Waals surface area contributed by atoms with Crippen molar-refractivity contribution in [2.45, 2.75) is 129 Å². The highest BCUT2D eigenvalue weighted by Gasteiger charge is 2.59. The van der Waals surface area contributed by atoms with E-state index in [1.54, 1.807) is 24.9 Å². The summed E-state index contributed by atoms with van der Waals surface area (Å²) in [7, 11) is 5.86. The maximum atomic E-state index is 13.9. The van der Waals surface area contributed by atoms with Crippen molar-refractivity contribution in [3.8, 4) is 10.6 Å². The van der Waals surface area contributed by atoms with Gasteiger partial charge in [0.05, 0.1) is 23.2 Å². The summed E-state index contributed by atoms with van der Waals surface area (Å²) in [6.45, 7) is 15.6. The largest absolute Gasteiger partial charge is 0.458 e. The molecule has 15 heteroatoms. The highest BCUT2D eigenvalue weighted by Crippen LogP contribution is 2.45. The van der Waals surface area contributed by atoms with E-state index < -0.39 is 47.0 Å². The van der Waals surface area contributed by atoms with E-state index in [1.165, 1.54) is 11.3 Å². The standard InChI is InChI=1S/C35H58BN7O6S/c1-10-28-34(7)30(43(33(46)49-34)17-12-11-16-42-20-26(39-40-42)27-19-38-32(37)50-27)24(5)41(8)18-14-21(2)13-15-35(36,25(6)47-9)23(4)29(44)22(3)31(45)48-28/h19-25,28,30H,10-18,36H2,1-9H3,(H2,37,38)/t21-,22+,23-,24-,25?,28+,30+,34+,35-/m0/s1. The van der Waals surface area contributed by atoms with Crippen LogP contribution in [-0.4, -0.2) is 113 Å². The minimum atomic E-state index is -1.14. The van der Waals surface area contributed by atoms with Crippen molar-refractivity contribution < 1.29 is 28.6 Å². The van der Waals surface area contributed by atoms with Gasteiger partial charge in [0.1, 0.15) is 31.3 Å². The second-order valence-electron chi connectivity index (χ2n) is 15.0. The van der Waals surface area contributed by atoms with Crippen LogP contribution in [0.5, 0.6) is 0 Å². The molecule has 0 bridgehead atoms. The average molecular weight is 716 g/mol. The summed E-state index contributed by atoms with van der Waals surface area (Å²) in [5.41, 5.74) is 5.36. The number of nitrogen functional groups attached to an aromatic ring is 1. The Morgan fingerprint density at radius 2 is 1.86 bits per heavy atom. The first-order valence-corrected chi connectivity index (χ1v) is 19.0. The molecule has 0 aliphatic carbocycles. The van der Waals surface area contributed by atoms with Crippen LogP contribution in [0, 0.1) is 17.8 Å². The fourth-order valence-electron chi connectivity index (χ4n) is 7.71. The lowest BCUT2D eigenvalue weighted by Gasteiger charge is -2.44. The number of ketones is 1. The number of cyclic esters (lactones) is 1. The lowest BCUT2D eigenvalue weighted by molar-refractivity contribution is -0.171. The molecular formula is C35H58BN7O6S. The third-order valence-electron chi connectivity index (χ3n) is 11.9. The minimum Gasteiger partial charge on any atom is -0.458 e. The van der Waals surface area contributed by atoms with Crippen LogP contribution in [0.1, 0.15) is 87.0 Å². The molecule has 2 aromatic heterocycles. The molecule has 1 unspecified atom stereocenters. The molecule has 13 nitrogen and oxygen atoms in total. The summed E-state index contributed by atoms with van der Waals surface area (Å²) >= 11 is 1.36. The number of nitrogens with zero attached hydrogens (tertiary/aromatic N) is 6. The quantitative estimate of drug-likeness (QED) is 0.169. The number of esters is 1. The SMILES string of the molecule is B[C@@]1(C(C)OC)CC[C@H](C)CCN(C)[C@@H](C)[C@H]2N(CCCCn3cc(-c4cnc(N)s4)nn3)C(=O)O[C@]2(C)[C@@H](CC)OC(=O)[C@H](C)C(=O)[C@@H]1C. The number of likely N-dealkylation sites (N-methyl/N-ethyl adjacent to an activating group) is 1. The summed E-state index contributed by atoms with van der Waals surface area (Å²) in [6, 6.07) is -0.506. The molecule has 4 heterocycles. The second-order valence-corrected chi connectivity index (χ2v) is 16.1. The molecule has 2 N–H and O–H groups in total. The summed E-state index contributed by atoms with van der Waals surface area (Å²) in [4.78, 5) is 50.4. The smallest absolute Gasteiger partial charge is 0.410 e. The van der Waals surface area contributed by atoms with Gasteiger partial charge >= 0.3 is 12.1 Å². The van der Waals surface area contributed by atoms with Gasteiger partial charge in [0.15, 0.2) is 10.7 Å². The number of rotatable bonds is 9. The molecule has 2 saturated heterocycles. The van der Waals surface area contributed by atoms with Gasteiger partial charge in [0.25, 0.3) is 0 Å². The molecule has 0 spiro atoms. The Labute approximate surface area is 302 Å². The molecular weight excluding hydrogens is 657 g/mol. The number of Topliss-reactive ketones (excluding diaryl/α,β-unsaturated/α-hetero) is 1. The normalized spacial score (nSPS) is 32.8. The van der Waals surface area contributed by atoms with E-state index in [2.05, 4.69) is 48.9 Å². The molecule has 2 fully saturated rings. The number of unbranched alkanes of at least 4 members (excludes halogenated alkanes) is 1. The summed E-state index contributed by atoms with van der Waals surface area (Å²) < 4.78 is 20.0. The van der Waals surface area contributed by atoms with Gasteiger partial charge in [0, 0.05) is 38.4 Å². The number of hydrogen-bond donors (Lipinski definition) is 1. The van der Waals surface area contributed by atoms with E-state index in [1.807, 2.05) is 38.8 Å². The van der Waals surface area contributed by atoms with Crippen molar-refractivity contribution in [3.63, 3.8) is 0 Å². The van der Waals surface area contributed by atoms with Crippen LogP contribution in [0.2, 0.25) is 5.31 Å². The number of aryl methyl sites for hydroxylation is 1. The number of thiazole rings is 1. The van der Waals surface area contributed by atoms with E-state index in [9.17, 15) is 14.4 Å². The molecule has 50 heavy (non-hydrogen) atoms.